The van der Waals surface area contributed by atoms with E-state index in [4.69, 9.17) is 0 Å². The molecule has 4 heteroatoms. The van der Waals surface area contributed by atoms with Crippen LogP contribution in [-0.2, 0) is 0 Å². The molecule has 4 nitrogen and oxygen atoms in total. The molecule has 1 amide bonds. The number of hydrogen-bond acceptors (Lipinski definition) is 3. The van der Waals surface area contributed by atoms with Gasteiger partial charge in [0.2, 0.25) is 0 Å². The lowest BCUT2D eigenvalue weighted by Crippen LogP contribution is -2.30. The van der Waals surface area contributed by atoms with Crippen LogP contribution in [0, 0.1) is 5.92 Å². The maximum atomic E-state index is 12.6. The van der Waals surface area contributed by atoms with E-state index < -0.39 is 0 Å². The highest BCUT2D eigenvalue weighted by atomic mass is 16.3. The van der Waals surface area contributed by atoms with Crippen LogP contribution in [0.1, 0.15) is 50.4 Å². The molecule has 128 valence electrons. The maximum Gasteiger partial charge on any atom is 0.253 e. The second-order valence-corrected chi connectivity index (χ2v) is 6.52. The Morgan fingerprint density at radius 2 is 2.04 bits per heavy atom. The summed E-state index contributed by atoms with van der Waals surface area (Å²) >= 11 is 0. The van der Waals surface area contributed by atoms with E-state index in [1.165, 1.54) is 18.5 Å². The van der Waals surface area contributed by atoms with Gasteiger partial charge >= 0.3 is 0 Å². The molecular weight excluding hydrogens is 288 g/mol. The lowest BCUT2D eigenvalue weighted by Gasteiger charge is -2.23. The second-order valence-electron chi connectivity index (χ2n) is 6.52. The standard InChI is InChI=1S/C19H30N2O2/c1-4-6-12-20(5-2)18-9-7-16(8-10-18)19(23)21-13-11-17(14-21)15(3)22/h7-10,15,17,22H,4-6,11-14H2,1-3H3. The van der Waals surface area contributed by atoms with Crippen molar-refractivity contribution in [3.63, 3.8) is 0 Å². The lowest BCUT2D eigenvalue weighted by molar-refractivity contribution is 0.0762. The molecule has 1 aromatic rings. The van der Waals surface area contributed by atoms with Crippen LogP contribution in [0.15, 0.2) is 24.3 Å². The molecule has 2 atom stereocenters. The molecule has 23 heavy (non-hydrogen) atoms. The summed E-state index contributed by atoms with van der Waals surface area (Å²) in [5.41, 5.74) is 1.92. The number of nitrogens with zero attached hydrogens (tertiary/aromatic N) is 2. The van der Waals surface area contributed by atoms with Crippen LogP contribution in [-0.4, -0.2) is 48.2 Å². The highest BCUT2D eigenvalue weighted by molar-refractivity contribution is 5.94. The average Bonchev–Trinajstić information content (AvgIpc) is 3.06. The summed E-state index contributed by atoms with van der Waals surface area (Å²) < 4.78 is 0. The van der Waals surface area contributed by atoms with E-state index >= 15 is 0 Å². The zero-order chi connectivity index (χ0) is 16.8. The summed E-state index contributed by atoms with van der Waals surface area (Å²) in [6.07, 6.45) is 2.92. The molecule has 0 saturated carbocycles. The zero-order valence-electron chi connectivity index (χ0n) is 14.7. The summed E-state index contributed by atoms with van der Waals surface area (Å²) in [5.74, 6) is 0.291. The van der Waals surface area contributed by atoms with Gasteiger partial charge in [0, 0.05) is 43.3 Å². The predicted octanol–water partition coefficient (Wildman–Crippen LogP) is 3.16. The minimum Gasteiger partial charge on any atom is -0.393 e. The van der Waals surface area contributed by atoms with Gasteiger partial charge in [0.15, 0.2) is 0 Å². The molecule has 1 saturated heterocycles. The first kappa shape index (κ1) is 17.8. The number of likely N-dealkylation sites (tertiary alicyclic amines) is 1. The van der Waals surface area contributed by atoms with Gasteiger partial charge in [0.05, 0.1) is 6.10 Å². The summed E-state index contributed by atoms with van der Waals surface area (Å²) in [6, 6.07) is 7.97. The molecule has 0 aliphatic carbocycles. The Bertz CT molecular complexity index is 499. The van der Waals surface area contributed by atoms with Crippen LogP contribution in [0.5, 0.6) is 0 Å². The van der Waals surface area contributed by atoms with Crippen molar-refractivity contribution < 1.29 is 9.90 Å². The maximum absolute atomic E-state index is 12.6. The summed E-state index contributed by atoms with van der Waals surface area (Å²) in [4.78, 5) is 16.8. The molecule has 0 bridgehead atoms. The molecule has 1 N–H and O–H groups in total. The molecule has 0 radical (unpaired) electrons. The van der Waals surface area contributed by atoms with E-state index in [0.29, 0.717) is 6.54 Å². The fourth-order valence-corrected chi connectivity index (χ4v) is 3.18. The monoisotopic (exact) mass is 318 g/mol. The van der Waals surface area contributed by atoms with Crippen molar-refractivity contribution in [2.24, 2.45) is 5.92 Å². The number of carbonyl (C=O) groups is 1. The summed E-state index contributed by atoms with van der Waals surface area (Å²) in [5, 5.41) is 9.67. The fraction of sp³-hybridized carbons (Fsp3) is 0.632. The van der Waals surface area contributed by atoms with Crippen LogP contribution in [0.4, 0.5) is 5.69 Å². The first-order valence-electron chi connectivity index (χ1n) is 8.89. The smallest absolute Gasteiger partial charge is 0.253 e. The number of rotatable bonds is 7. The Morgan fingerprint density at radius 1 is 1.35 bits per heavy atom. The van der Waals surface area contributed by atoms with Gasteiger partial charge in [-0.25, -0.2) is 0 Å². The molecule has 2 unspecified atom stereocenters. The molecule has 1 aromatic carbocycles. The third-order valence-electron chi connectivity index (χ3n) is 4.84. The van der Waals surface area contributed by atoms with Gasteiger partial charge in [-0.3, -0.25) is 4.79 Å². The highest BCUT2D eigenvalue weighted by Gasteiger charge is 2.29. The first-order chi connectivity index (χ1) is 11.1. The Balaban J connectivity index is 2.00. The SMILES string of the molecule is CCCCN(CC)c1ccc(C(=O)N2CCC(C(C)O)C2)cc1. The predicted molar refractivity (Wildman–Crippen MR) is 94.9 cm³/mol. The number of hydrogen-bond donors (Lipinski definition) is 1. The minimum atomic E-state index is -0.341. The normalized spacial score (nSPS) is 19.0. The van der Waals surface area contributed by atoms with E-state index in [2.05, 4.69) is 30.9 Å². The van der Waals surface area contributed by atoms with E-state index in [0.717, 1.165) is 31.6 Å². The van der Waals surface area contributed by atoms with E-state index in [9.17, 15) is 9.90 Å². The molecule has 0 aromatic heterocycles. The third kappa shape index (κ3) is 4.47. The molecule has 0 spiro atoms. The zero-order valence-corrected chi connectivity index (χ0v) is 14.7. The Hall–Kier alpha value is -1.55. The van der Waals surface area contributed by atoms with Gasteiger partial charge < -0.3 is 14.9 Å². The number of aliphatic hydroxyl groups is 1. The van der Waals surface area contributed by atoms with Gasteiger partial charge in [-0.15, -0.1) is 0 Å². The molecule has 1 heterocycles. The Labute approximate surface area is 140 Å². The molecule has 1 fully saturated rings. The Kier molecular flexibility index (Phi) is 6.46. The summed E-state index contributed by atoms with van der Waals surface area (Å²) in [7, 11) is 0. The third-order valence-corrected chi connectivity index (χ3v) is 4.84. The van der Waals surface area contributed by atoms with Gasteiger partial charge in [0.25, 0.3) is 5.91 Å². The molecule has 2 rings (SSSR count). The second kappa shape index (κ2) is 8.34. The van der Waals surface area contributed by atoms with Gasteiger partial charge in [-0.1, -0.05) is 13.3 Å². The van der Waals surface area contributed by atoms with E-state index in [1.807, 2.05) is 24.0 Å². The van der Waals surface area contributed by atoms with Crippen molar-refractivity contribution in [1.29, 1.82) is 0 Å². The number of aliphatic hydroxyl groups excluding tert-OH is 1. The number of amides is 1. The van der Waals surface area contributed by atoms with Crippen molar-refractivity contribution in [1.82, 2.24) is 4.90 Å². The minimum absolute atomic E-state index is 0.0799. The first-order valence-corrected chi connectivity index (χ1v) is 8.89. The summed E-state index contributed by atoms with van der Waals surface area (Å²) in [6.45, 7) is 9.62. The number of unbranched alkanes of at least 4 members (excludes halogenated alkanes) is 1. The fourth-order valence-electron chi connectivity index (χ4n) is 3.18. The van der Waals surface area contributed by atoms with Crippen molar-refractivity contribution in [3.05, 3.63) is 29.8 Å². The largest absolute Gasteiger partial charge is 0.393 e. The van der Waals surface area contributed by atoms with Crippen LogP contribution in [0.25, 0.3) is 0 Å². The molecular formula is C19H30N2O2. The van der Waals surface area contributed by atoms with Crippen molar-refractivity contribution in [3.8, 4) is 0 Å². The van der Waals surface area contributed by atoms with Crippen molar-refractivity contribution in [2.75, 3.05) is 31.1 Å². The van der Waals surface area contributed by atoms with Crippen LogP contribution >= 0.6 is 0 Å². The number of carbonyl (C=O) groups excluding carboxylic acids is 1. The Morgan fingerprint density at radius 3 is 2.57 bits per heavy atom. The molecule has 1 aliphatic rings. The van der Waals surface area contributed by atoms with Crippen LogP contribution < -0.4 is 4.90 Å². The average molecular weight is 318 g/mol. The molecule has 1 aliphatic heterocycles. The van der Waals surface area contributed by atoms with E-state index in [-0.39, 0.29) is 17.9 Å². The highest BCUT2D eigenvalue weighted by Crippen LogP contribution is 2.23. The van der Waals surface area contributed by atoms with Crippen LogP contribution in [0.2, 0.25) is 0 Å². The van der Waals surface area contributed by atoms with Gasteiger partial charge in [-0.2, -0.15) is 0 Å². The number of anilines is 1. The van der Waals surface area contributed by atoms with Crippen LogP contribution in [0.3, 0.4) is 0 Å². The van der Waals surface area contributed by atoms with Crippen molar-refractivity contribution in [2.45, 2.75) is 46.1 Å². The topological polar surface area (TPSA) is 43.8 Å². The lowest BCUT2D eigenvalue weighted by atomic mass is 10.0. The van der Waals surface area contributed by atoms with E-state index in [1.54, 1.807) is 0 Å². The van der Waals surface area contributed by atoms with Crippen molar-refractivity contribution >= 4 is 11.6 Å². The van der Waals surface area contributed by atoms with Gasteiger partial charge in [0.1, 0.15) is 0 Å². The van der Waals surface area contributed by atoms with Gasteiger partial charge in [-0.05, 0) is 51.0 Å². The quantitative estimate of drug-likeness (QED) is 0.840. The number of benzene rings is 1.